The summed E-state index contributed by atoms with van der Waals surface area (Å²) >= 11 is 2.05. The van der Waals surface area contributed by atoms with Crippen molar-refractivity contribution < 1.29 is 14.1 Å². The molecule has 2 aromatic rings. The number of rotatable bonds is 3. The summed E-state index contributed by atoms with van der Waals surface area (Å²) in [6, 6.07) is 10.3. The summed E-state index contributed by atoms with van der Waals surface area (Å²) in [5.74, 6) is -0.157. The van der Waals surface area contributed by atoms with Gasteiger partial charge in [0.15, 0.2) is 0 Å². The van der Waals surface area contributed by atoms with E-state index in [4.69, 9.17) is 4.74 Å². The van der Waals surface area contributed by atoms with Gasteiger partial charge in [0, 0.05) is 0 Å². The Morgan fingerprint density at radius 1 is 1.17 bits per heavy atom. The van der Waals surface area contributed by atoms with E-state index in [9.17, 15) is 14.5 Å². The Morgan fingerprint density at radius 2 is 1.89 bits per heavy atom. The third kappa shape index (κ3) is 2.76. The molecule has 0 aliphatic heterocycles. The molecule has 0 heterocycles. The van der Waals surface area contributed by atoms with Gasteiger partial charge in [-0.3, -0.25) is 10.1 Å². The van der Waals surface area contributed by atoms with Crippen LogP contribution < -0.4 is 4.74 Å². The van der Waals surface area contributed by atoms with E-state index in [0.717, 1.165) is 15.7 Å². The number of nitro benzene ring substituents is 1. The fraction of sp³-hybridized carbons (Fsp3) is 0. The molecule has 0 N–H and O–H groups in total. The van der Waals surface area contributed by atoms with Gasteiger partial charge in [0.05, 0.1) is 14.6 Å². The Kier molecular flexibility index (Phi) is 3.75. The van der Waals surface area contributed by atoms with Crippen LogP contribution >= 0.6 is 22.6 Å². The molecule has 4 nitrogen and oxygen atoms in total. The van der Waals surface area contributed by atoms with Gasteiger partial charge in [-0.05, 0) is 46.9 Å². The fourth-order valence-electron chi connectivity index (χ4n) is 1.37. The van der Waals surface area contributed by atoms with E-state index in [-0.39, 0.29) is 5.75 Å². The first-order chi connectivity index (χ1) is 8.58. The minimum atomic E-state index is -0.672. The summed E-state index contributed by atoms with van der Waals surface area (Å²) in [7, 11) is 0. The molecule has 0 atom stereocenters. The number of benzene rings is 2. The first-order valence-corrected chi connectivity index (χ1v) is 6.02. The van der Waals surface area contributed by atoms with Crippen molar-refractivity contribution in [2.45, 2.75) is 0 Å². The first-order valence-electron chi connectivity index (χ1n) is 4.94. The molecule has 0 radical (unpaired) electrons. The molecule has 0 bridgehead atoms. The lowest BCUT2D eigenvalue weighted by Gasteiger charge is -2.07. The molecule has 0 fully saturated rings. The van der Waals surface area contributed by atoms with Crippen LogP contribution in [0, 0.1) is 19.5 Å². The van der Waals surface area contributed by atoms with Gasteiger partial charge >= 0.3 is 5.69 Å². The van der Waals surface area contributed by atoms with E-state index in [0.29, 0.717) is 5.75 Å². The van der Waals surface area contributed by atoms with Gasteiger partial charge in [-0.1, -0.05) is 12.1 Å². The van der Waals surface area contributed by atoms with E-state index in [1.807, 2.05) is 12.1 Å². The van der Waals surface area contributed by atoms with Crippen molar-refractivity contribution in [3.8, 4) is 11.5 Å². The highest BCUT2D eigenvalue weighted by molar-refractivity contribution is 14.1. The maximum atomic E-state index is 13.0. The number of nitrogens with zero attached hydrogens (tertiary/aromatic N) is 1. The van der Waals surface area contributed by atoms with Crippen LogP contribution in [0.2, 0.25) is 0 Å². The molecule has 18 heavy (non-hydrogen) atoms. The monoisotopic (exact) mass is 359 g/mol. The van der Waals surface area contributed by atoms with Crippen LogP contribution in [-0.4, -0.2) is 4.92 Å². The Bertz CT molecular complexity index is 604. The van der Waals surface area contributed by atoms with Crippen LogP contribution in [0.25, 0.3) is 0 Å². The maximum absolute atomic E-state index is 13.0. The largest absolute Gasteiger partial charge is 0.449 e. The first kappa shape index (κ1) is 12.7. The molecule has 2 aromatic carbocycles. The van der Waals surface area contributed by atoms with E-state index in [2.05, 4.69) is 22.6 Å². The van der Waals surface area contributed by atoms with Crippen molar-refractivity contribution in [2.75, 3.05) is 0 Å². The Morgan fingerprint density at radius 3 is 2.56 bits per heavy atom. The molecule has 0 spiro atoms. The second-order valence-corrected chi connectivity index (χ2v) is 4.56. The van der Waals surface area contributed by atoms with Crippen molar-refractivity contribution in [3.63, 3.8) is 0 Å². The third-order valence-corrected chi connectivity index (χ3v) is 3.07. The smallest absolute Gasteiger partial charge is 0.314 e. The van der Waals surface area contributed by atoms with Crippen LogP contribution in [-0.2, 0) is 0 Å². The van der Waals surface area contributed by atoms with Gasteiger partial charge in [-0.2, -0.15) is 0 Å². The zero-order valence-electron chi connectivity index (χ0n) is 8.97. The maximum Gasteiger partial charge on any atom is 0.314 e. The second-order valence-electron chi connectivity index (χ2n) is 3.40. The highest BCUT2D eigenvalue weighted by atomic mass is 127. The minimum Gasteiger partial charge on any atom is -0.449 e. The summed E-state index contributed by atoms with van der Waals surface area (Å²) < 4.78 is 19.2. The van der Waals surface area contributed by atoms with E-state index < -0.39 is 16.4 Å². The molecule has 2 rings (SSSR count). The molecule has 0 aliphatic rings. The number of halogens is 2. The Balaban J connectivity index is 2.41. The van der Waals surface area contributed by atoms with Gasteiger partial charge in [0.1, 0.15) is 11.6 Å². The van der Waals surface area contributed by atoms with Crippen molar-refractivity contribution >= 4 is 28.3 Å². The molecule has 0 saturated heterocycles. The minimum absolute atomic E-state index is 0.0190. The van der Waals surface area contributed by atoms with Gasteiger partial charge in [-0.15, -0.1) is 0 Å². The summed E-state index contributed by atoms with van der Waals surface area (Å²) in [5.41, 5.74) is -0.394. The molecule has 0 aromatic heterocycles. The number of nitro groups is 1. The predicted octanol–water partition coefficient (Wildman–Crippen LogP) is 4.13. The molecule has 0 amide bonds. The molecular weight excluding hydrogens is 352 g/mol. The number of ether oxygens (including phenoxy) is 1. The SMILES string of the molecule is O=[N+]([O-])c1cc(F)ccc1Oc1ccccc1I. The van der Waals surface area contributed by atoms with Crippen LogP contribution in [0.15, 0.2) is 42.5 Å². The van der Waals surface area contributed by atoms with E-state index in [1.165, 1.54) is 6.07 Å². The highest BCUT2D eigenvalue weighted by Gasteiger charge is 2.17. The number of para-hydroxylation sites is 1. The third-order valence-electron chi connectivity index (χ3n) is 2.17. The van der Waals surface area contributed by atoms with Crippen LogP contribution in [0.3, 0.4) is 0 Å². The van der Waals surface area contributed by atoms with Crippen molar-refractivity contribution in [1.29, 1.82) is 0 Å². The molecule has 0 aliphatic carbocycles. The van der Waals surface area contributed by atoms with Crippen LogP contribution in [0.4, 0.5) is 10.1 Å². The van der Waals surface area contributed by atoms with E-state index >= 15 is 0 Å². The highest BCUT2D eigenvalue weighted by Crippen LogP contribution is 2.33. The van der Waals surface area contributed by atoms with Crippen molar-refractivity contribution in [3.05, 3.63) is 62.0 Å². The molecule has 92 valence electrons. The lowest BCUT2D eigenvalue weighted by Crippen LogP contribution is -1.95. The van der Waals surface area contributed by atoms with Gasteiger partial charge in [0.25, 0.3) is 0 Å². The molecular formula is C12H7FINO3. The lowest BCUT2D eigenvalue weighted by molar-refractivity contribution is -0.385. The zero-order valence-corrected chi connectivity index (χ0v) is 11.1. The Labute approximate surface area is 116 Å². The second kappa shape index (κ2) is 5.30. The zero-order chi connectivity index (χ0) is 13.1. The molecule has 0 unspecified atom stereocenters. The summed E-state index contributed by atoms with van der Waals surface area (Å²) in [5, 5.41) is 10.8. The molecule has 0 saturated carbocycles. The lowest BCUT2D eigenvalue weighted by atomic mass is 10.3. The number of hydrogen-bond donors (Lipinski definition) is 0. The standard InChI is InChI=1S/C12H7FINO3/c13-8-5-6-12(10(7-8)15(16)17)18-11-4-2-1-3-9(11)14/h1-7H. The fourth-order valence-corrected chi connectivity index (χ4v) is 1.86. The summed E-state index contributed by atoms with van der Waals surface area (Å²) in [4.78, 5) is 10.1. The Hall–Kier alpha value is -1.70. The topological polar surface area (TPSA) is 52.4 Å². The van der Waals surface area contributed by atoms with Crippen molar-refractivity contribution in [2.24, 2.45) is 0 Å². The predicted molar refractivity (Wildman–Crippen MR) is 72.3 cm³/mol. The average Bonchev–Trinajstić information content (AvgIpc) is 2.34. The number of hydrogen-bond acceptors (Lipinski definition) is 3. The average molecular weight is 359 g/mol. The van der Waals surface area contributed by atoms with Crippen LogP contribution in [0.1, 0.15) is 0 Å². The molecule has 6 heteroatoms. The van der Waals surface area contributed by atoms with Gasteiger partial charge in [0.2, 0.25) is 5.75 Å². The van der Waals surface area contributed by atoms with Crippen molar-refractivity contribution in [1.82, 2.24) is 0 Å². The van der Waals surface area contributed by atoms with Gasteiger partial charge in [-0.25, -0.2) is 4.39 Å². The summed E-state index contributed by atoms with van der Waals surface area (Å²) in [6.07, 6.45) is 0. The normalized spacial score (nSPS) is 10.1. The van der Waals surface area contributed by atoms with E-state index in [1.54, 1.807) is 12.1 Å². The van der Waals surface area contributed by atoms with Crippen LogP contribution in [0.5, 0.6) is 11.5 Å². The summed E-state index contributed by atoms with van der Waals surface area (Å²) in [6.45, 7) is 0. The van der Waals surface area contributed by atoms with Gasteiger partial charge < -0.3 is 4.74 Å². The quantitative estimate of drug-likeness (QED) is 0.470.